The van der Waals surface area contributed by atoms with Gasteiger partial charge < -0.3 is 15.0 Å². The molecule has 0 saturated carbocycles. The van der Waals surface area contributed by atoms with Crippen LogP contribution in [0.2, 0.25) is 0 Å². The van der Waals surface area contributed by atoms with Gasteiger partial charge in [-0.15, -0.1) is 0 Å². The first-order valence-corrected chi connectivity index (χ1v) is 5.97. The molecule has 0 saturated heterocycles. The second kappa shape index (κ2) is 6.66. The van der Waals surface area contributed by atoms with Crippen LogP contribution in [0, 0.1) is 5.41 Å². The fourth-order valence-electron chi connectivity index (χ4n) is 1.49. The quantitative estimate of drug-likeness (QED) is 0.655. The average Bonchev–Trinajstić information content (AvgIpc) is 2.81. The summed E-state index contributed by atoms with van der Waals surface area (Å²) in [4.78, 5) is 4.00. The van der Waals surface area contributed by atoms with E-state index in [9.17, 15) is 5.11 Å². The molecule has 0 spiro atoms. The molecule has 0 bridgehead atoms. The van der Waals surface area contributed by atoms with Gasteiger partial charge in [-0.05, 0) is 19.4 Å². The molecule has 0 fully saturated rings. The monoisotopic (exact) mass is 225 g/mol. The van der Waals surface area contributed by atoms with Crippen molar-refractivity contribution in [1.82, 2.24) is 14.9 Å². The minimum atomic E-state index is 0.0228. The van der Waals surface area contributed by atoms with Gasteiger partial charge in [0.1, 0.15) is 0 Å². The number of nitrogens with zero attached hydrogens (tertiary/aromatic N) is 2. The van der Waals surface area contributed by atoms with Gasteiger partial charge in [-0.1, -0.05) is 13.8 Å². The number of nitrogens with one attached hydrogen (secondary N) is 1. The molecule has 16 heavy (non-hydrogen) atoms. The molecule has 4 nitrogen and oxygen atoms in total. The lowest BCUT2D eigenvalue weighted by atomic mass is 9.89. The predicted molar refractivity (Wildman–Crippen MR) is 65.2 cm³/mol. The van der Waals surface area contributed by atoms with Crippen molar-refractivity contribution in [3.63, 3.8) is 0 Å². The lowest BCUT2D eigenvalue weighted by molar-refractivity contribution is 0.135. The first-order chi connectivity index (χ1) is 7.70. The van der Waals surface area contributed by atoms with E-state index in [1.807, 2.05) is 12.5 Å². The van der Waals surface area contributed by atoms with Crippen molar-refractivity contribution in [1.29, 1.82) is 0 Å². The Balaban J connectivity index is 2.08. The minimum absolute atomic E-state index is 0.0228. The van der Waals surface area contributed by atoms with Gasteiger partial charge in [-0.2, -0.15) is 0 Å². The van der Waals surface area contributed by atoms with E-state index in [4.69, 9.17) is 0 Å². The molecule has 1 aromatic heterocycles. The predicted octanol–water partition coefficient (Wildman–Crippen LogP) is 1.27. The highest BCUT2D eigenvalue weighted by Gasteiger charge is 2.19. The number of hydrogen-bond donors (Lipinski definition) is 2. The fourth-order valence-corrected chi connectivity index (χ4v) is 1.49. The third kappa shape index (κ3) is 4.33. The van der Waals surface area contributed by atoms with Crippen LogP contribution in [-0.4, -0.2) is 34.4 Å². The summed E-state index contributed by atoms with van der Waals surface area (Å²) >= 11 is 0. The maximum Gasteiger partial charge on any atom is 0.0945 e. The van der Waals surface area contributed by atoms with Gasteiger partial charge in [0.2, 0.25) is 0 Å². The van der Waals surface area contributed by atoms with E-state index in [-0.39, 0.29) is 12.0 Å². The molecule has 4 heteroatoms. The Morgan fingerprint density at radius 1 is 1.50 bits per heavy atom. The van der Waals surface area contributed by atoms with Crippen molar-refractivity contribution in [3.8, 4) is 0 Å². The van der Waals surface area contributed by atoms with E-state index in [1.54, 1.807) is 6.20 Å². The summed E-state index contributed by atoms with van der Waals surface area (Å²) in [6, 6.07) is 0. The fraction of sp³-hybridized carbons (Fsp3) is 0.750. The summed E-state index contributed by atoms with van der Waals surface area (Å²) in [6.45, 7) is 7.32. The zero-order valence-electron chi connectivity index (χ0n) is 10.3. The standard InChI is InChI=1S/C12H23N3O/c1-3-12(2,10-16)9-13-5-4-7-15-8-6-14-11-15/h6,8,11,13,16H,3-5,7,9-10H2,1-2H3. The Morgan fingerprint density at radius 2 is 2.31 bits per heavy atom. The van der Waals surface area contributed by atoms with E-state index in [0.717, 1.165) is 32.5 Å². The van der Waals surface area contributed by atoms with E-state index in [2.05, 4.69) is 28.7 Å². The highest BCUT2D eigenvalue weighted by Crippen LogP contribution is 2.18. The lowest BCUT2D eigenvalue weighted by Crippen LogP contribution is -2.35. The molecule has 2 N–H and O–H groups in total. The van der Waals surface area contributed by atoms with Crippen LogP contribution >= 0.6 is 0 Å². The largest absolute Gasteiger partial charge is 0.396 e. The molecule has 0 amide bonds. The van der Waals surface area contributed by atoms with Crippen LogP contribution in [0.3, 0.4) is 0 Å². The van der Waals surface area contributed by atoms with Crippen LogP contribution in [0.25, 0.3) is 0 Å². The first kappa shape index (κ1) is 13.2. The number of aryl methyl sites for hydroxylation is 1. The highest BCUT2D eigenvalue weighted by molar-refractivity contribution is 4.75. The molecule has 0 radical (unpaired) electrons. The number of aliphatic hydroxyl groups excluding tert-OH is 1. The molecular formula is C12H23N3O. The van der Waals surface area contributed by atoms with Crippen LogP contribution in [0.1, 0.15) is 26.7 Å². The Kier molecular flexibility index (Phi) is 5.49. The molecule has 0 aliphatic heterocycles. The normalized spacial score (nSPS) is 14.9. The summed E-state index contributed by atoms with van der Waals surface area (Å²) in [7, 11) is 0. The first-order valence-electron chi connectivity index (χ1n) is 5.97. The molecule has 1 atom stereocenters. The zero-order valence-corrected chi connectivity index (χ0v) is 10.3. The average molecular weight is 225 g/mol. The summed E-state index contributed by atoms with van der Waals surface area (Å²) in [5.74, 6) is 0. The third-order valence-corrected chi connectivity index (χ3v) is 3.12. The van der Waals surface area contributed by atoms with Gasteiger partial charge in [0.25, 0.3) is 0 Å². The molecule has 1 aromatic rings. The number of imidazole rings is 1. The molecular weight excluding hydrogens is 202 g/mol. The summed E-state index contributed by atoms with van der Waals surface area (Å²) < 4.78 is 2.08. The van der Waals surface area contributed by atoms with E-state index in [0.29, 0.717) is 0 Å². The van der Waals surface area contributed by atoms with Gasteiger partial charge in [-0.25, -0.2) is 4.98 Å². The van der Waals surface area contributed by atoms with Crippen LogP contribution in [0.4, 0.5) is 0 Å². The molecule has 1 unspecified atom stereocenters. The smallest absolute Gasteiger partial charge is 0.0945 e. The minimum Gasteiger partial charge on any atom is -0.396 e. The van der Waals surface area contributed by atoms with Gasteiger partial charge in [0.05, 0.1) is 6.33 Å². The molecule has 1 rings (SSSR count). The third-order valence-electron chi connectivity index (χ3n) is 3.12. The SMILES string of the molecule is CCC(C)(CO)CNCCCn1ccnc1. The molecule has 0 aromatic carbocycles. The zero-order chi connectivity index (χ0) is 11.9. The van der Waals surface area contributed by atoms with Gasteiger partial charge >= 0.3 is 0 Å². The van der Waals surface area contributed by atoms with Crippen LogP contribution in [0.15, 0.2) is 18.7 Å². The molecule has 0 aliphatic rings. The van der Waals surface area contributed by atoms with Crippen LogP contribution in [-0.2, 0) is 6.54 Å². The number of rotatable bonds is 8. The highest BCUT2D eigenvalue weighted by atomic mass is 16.3. The molecule has 1 heterocycles. The van der Waals surface area contributed by atoms with E-state index in [1.165, 1.54) is 0 Å². The van der Waals surface area contributed by atoms with Gasteiger partial charge in [-0.3, -0.25) is 0 Å². The van der Waals surface area contributed by atoms with Crippen molar-refractivity contribution < 1.29 is 5.11 Å². The summed E-state index contributed by atoms with van der Waals surface area (Å²) in [5, 5.41) is 12.6. The summed E-state index contributed by atoms with van der Waals surface area (Å²) in [5.41, 5.74) is 0.0228. The van der Waals surface area contributed by atoms with Crippen molar-refractivity contribution in [2.45, 2.75) is 33.2 Å². The second-order valence-electron chi connectivity index (χ2n) is 4.65. The Hall–Kier alpha value is -0.870. The van der Waals surface area contributed by atoms with Gasteiger partial charge in [0, 0.05) is 37.5 Å². The maximum absolute atomic E-state index is 9.24. The van der Waals surface area contributed by atoms with Crippen molar-refractivity contribution in [2.24, 2.45) is 5.41 Å². The van der Waals surface area contributed by atoms with Crippen molar-refractivity contribution >= 4 is 0 Å². The summed E-state index contributed by atoms with van der Waals surface area (Å²) in [6.07, 6.45) is 7.70. The lowest BCUT2D eigenvalue weighted by Gasteiger charge is -2.25. The van der Waals surface area contributed by atoms with Crippen LogP contribution < -0.4 is 5.32 Å². The van der Waals surface area contributed by atoms with Crippen molar-refractivity contribution in [2.75, 3.05) is 19.7 Å². The number of aromatic nitrogens is 2. The van der Waals surface area contributed by atoms with E-state index >= 15 is 0 Å². The Bertz CT molecular complexity index is 268. The Morgan fingerprint density at radius 3 is 2.88 bits per heavy atom. The number of hydrogen-bond acceptors (Lipinski definition) is 3. The van der Waals surface area contributed by atoms with Gasteiger partial charge in [0.15, 0.2) is 0 Å². The topological polar surface area (TPSA) is 50.1 Å². The maximum atomic E-state index is 9.24. The van der Waals surface area contributed by atoms with Crippen LogP contribution in [0.5, 0.6) is 0 Å². The molecule has 92 valence electrons. The number of aliphatic hydroxyl groups is 1. The Labute approximate surface area is 97.7 Å². The van der Waals surface area contributed by atoms with Crippen molar-refractivity contribution in [3.05, 3.63) is 18.7 Å². The molecule has 0 aliphatic carbocycles. The second-order valence-corrected chi connectivity index (χ2v) is 4.65. The van der Waals surface area contributed by atoms with E-state index < -0.39 is 0 Å².